The Labute approximate surface area is 109 Å². The zero-order valence-electron chi connectivity index (χ0n) is 11.6. The molecule has 1 aliphatic heterocycles. The summed E-state index contributed by atoms with van der Waals surface area (Å²) in [5.74, 6) is 0.844. The van der Waals surface area contributed by atoms with Gasteiger partial charge in [0, 0.05) is 32.0 Å². The Bertz CT molecular complexity index is 303. The third-order valence-corrected chi connectivity index (χ3v) is 3.33. The first kappa shape index (κ1) is 15.0. The first-order valence-corrected chi connectivity index (χ1v) is 6.76. The van der Waals surface area contributed by atoms with E-state index in [4.69, 9.17) is 5.21 Å². The molecule has 0 saturated carbocycles. The molecular weight excluding hydrogens is 230 g/mol. The molecular formula is C13H25N3O2. The summed E-state index contributed by atoms with van der Waals surface area (Å²) in [6.07, 6.45) is 1.70. The molecule has 1 amide bonds. The molecule has 0 bridgehead atoms. The molecule has 2 N–H and O–H groups in total. The van der Waals surface area contributed by atoms with Crippen molar-refractivity contribution in [2.75, 3.05) is 26.2 Å². The van der Waals surface area contributed by atoms with E-state index in [0.717, 1.165) is 38.2 Å². The Morgan fingerprint density at radius 1 is 1.61 bits per heavy atom. The summed E-state index contributed by atoms with van der Waals surface area (Å²) in [6, 6.07) is 0. The van der Waals surface area contributed by atoms with Crippen LogP contribution in [0.1, 0.15) is 33.6 Å². The predicted molar refractivity (Wildman–Crippen MR) is 71.9 cm³/mol. The largest absolute Gasteiger partial charge is 0.411 e. The van der Waals surface area contributed by atoms with Crippen LogP contribution in [0, 0.1) is 11.8 Å². The third kappa shape index (κ3) is 4.64. The molecule has 18 heavy (non-hydrogen) atoms. The van der Waals surface area contributed by atoms with Crippen molar-refractivity contribution in [3.8, 4) is 0 Å². The number of hydrogen-bond acceptors (Lipinski definition) is 4. The van der Waals surface area contributed by atoms with Crippen molar-refractivity contribution in [1.82, 2.24) is 10.2 Å². The number of oxime groups is 1. The van der Waals surface area contributed by atoms with Crippen molar-refractivity contribution in [3.05, 3.63) is 0 Å². The average Bonchev–Trinajstić information content (AvgIpc) is 2.36. The van der Waals surface area contributed by atoms with Gasteiger partial charge in [-0.05, 0) is 12.3 Å². The van der Waals surface area contributed by atoms with Gasteiger partial charge in [-0.25, -0.2) is 0 Å². The number of amides is 1. The van der Waals surface area contributed by atoms with Gasteiger partial charge in [0.05, 0.1) is 12.3 Å². The van der Waals surface area contributed by atoms with Gasteiger partial charge in [-0.15, -0.1) is 0 Å². The lowest BCUT2D eigenvalue weighted by Crippen LogP contribution is -2.46. The number of likely N-dealkylation sites (tertiary alicyclic amines) is 1. The molecule has 0 aliphatic carbocycles. The first-order valence-electron chi connectivity index (χ1n) is 6.76. The molecule has 0 radical (unpaired) electrons. The molecule has 1 aliphatic rings. The van der Waals surface area contributed by atoms with Crippen molar-refractivity contribution in [3.63, 3.8) is 0 Å². The van der Waals surface area contributed by atoms with Crippen LogP contribution in [0.25, 0.3) is 0 Å². The molecule has 5 heteroatoms. The van der Waals surface area contributed by atoms with Crippen molar-refractivity contribution in [2.45, 2.75) is 33.6 Å². The molecule has 5 nitrogen and oxygen atoms in total. The van der Waals surface area contributed by atoms with Crippen LogP contribution >= 0.6 is 0 Å². The Morgan fingerprint density at radius 3 is 2.89 bits per heavy atom. The number of hydrogen-bond donors (Lipinski definition) is 2. The molecule has 0 spiro atoms. The first-order chi connectivity index (χ1) is 8.56. The summed E-state index contributed by atoms with van der Waals surface area (Å²) < 4.78 is 0. The van der Waals surface area contributed by atoms with Crippen LogP contribution < -0.4 is 5.32 Å². The molecule has 1 rings (SSSR count). The Morgan fingerprint density at radius 2 is 2.33 bits per heavy atom. The van der Waals surface area contributed by atoms with Gasteiger partial charge < -0.3 is 10.5 Å². The summed E-state index contributed by atoms with van der Waals surface area (Å²) in [6.45, 7) is 9.03. The SMILES string of the molecule is CCC1CN(CC(=O)NCC(C)C)CCC1=NO. The van der Waals surface area contributed by atoms with Crippen LogP contribution in [0.3, 0.4) is 0 Å². The molecule has 1 fully saturated rings. The van der Waals surface area contributed by atoms with E-state index in [1.54, 1.807) is 0 Å². The summed E-state index contributed by atoms with van der Waals surface area (Å²) in [5.41, 5.74) is 0.872. The maximum atomic E-state index is 11.7. The fourth-order valence-electron chi connectivity index (χ4n) is 2.20. The predicted octanol–water partition coefficient (Wildman–Crippen LogP) is 1.32. The van der Waals surface area contributed by atoms with E-state index in [1.807, 2.05) is 0 Å². The average molecular weight is 255 g/mol. The highest BCUT2D eigenvalue weighted by Gasteiger charge is 2.25. The highest BCUT2D eigenvalue weighted by molar-refractivity contribution is 5.87. The highest BCUT2D eigenvalue weighted by Crippen LogP contribution is 2.16. The van der Waals surface area contributed by atoms with E-state index in [1.165, 1.54) is 0 Å². The molecule has 1 unspecified atom stereocenters. The summed E-state index contributed by atoms with van der Waals surface area (Å²) in [5, 5.41) is 15.2. The van der Waals surface area contributed by atoms with Gasteiger partial charge in [-0.3, -0.25) is 9.69 Å². The number of nitrogens with zero attached hydrogens (tertiary/aromatic N) is 2. The van der Waals surface area contributed by atoms with Gasteiger partial charge in [-0.2, -0.15) is 0 Å². The van der Waals surface area contributed by atoms with Crippen LogP contribution in [0.15, 0.2) is 5.16 Å². The van der Waals surface area contributed by atoms with Gasteiger partial charge >= 0.3 is 0 Å². The molecule has 0 aromatic carbocycles. The monoisotopic (exact) mass is 255 g/mol. The van der Waals surface area contributed by atoms with Crippen LogP contribution in [0.5, 0.6) is 0 Å². The van der Waals surface area contributed by atoms with Gasteiger partial charge in [0.2, 0.25) is 5.91 Å². The van der Waals surface area contributed by atoms with E-state index in [9.17, 15) is 4.79 Å². The van der Waals surface area contributed by atoms with Crippen LogP contribution in [-0.2, 0) is 4.79 Å². The van der Waals surface area contributed by atoms with Gasteiger partial charge in [0.15, 0.2) is 0 Å². The van der Waals surface area contributed by atoms with Crippen molar-refractivity contribution in [2.24, 2.45) is 17.0 Å². The Kier molecular flexibility index (Phi) is 6.12. The number of carbonyl (C=O) groups is 1. The molecule has 1 saturated heterocycles. The lowest BCUT2D eigenvalue weighted by molar-refractivity contribution is -0.122. The number of carbonyl (C=O) groups excluding carboxylic acids is 1. The fraction of sp³-hybridized carbons (Fsp3) is 0.846. The fourth-order valence-corrected chi connectivity index (χ4v) is 2.20. The normalized spacial score (nSPS) is 23.6. The molecule has 1 heterocycles. The minimum absolute atomic E-state index is 0.0861. The van der Waals surface area contributed by atoms with E-state index in [0.29, 0.717) is 12.5 Å². The molecule has 0 aromatic rings. The van der Waals surface area contributed by atoms with Crippen molar-refractivity contribution >= 4 is 11.6 Å². The molecule has 1 atom stereocenters. The summed E-state index contributed by atoms with van der Waals surface area (Å²) in [4.78, 5) is 13.9. The summed E-state index contributed by atoms with van der Waals surface area (Å²) in [7, 11) is 0. The number of nitrogens with one attached hydrogen (secondary N) is 1. The van der Waals surface area contributed by atoms with E-state index >= 15 is 0 Å². The topological polar surface area (TPSA) is 64.9 Å². The van der Waals surface area contributed by atoms with Gasteiger partial charge in [0.1, 0.15) is 0 Å². The molecule has 104 valence electrons. The second-order valence-corrected chi connectivity index (χ2v) is 5.38. The van der Waals surface area contributed by atoms with Crippen molar-refractivity contribution in [1.29, 1.82) is 0 Å². The maximum absolute atomic E-state index is 11.7. The van der Waals surface area contributed by atoms with E-state index in [2.05, 4.69) is 36.1 Å². The van der Waals surface area contributed by atoms with Crippen LogP contribution in [0.4, 0.5) is 0 Å². The lowest BCUT2D eigenvalue weighted by atomic mass is 9.93. The van der Waals surface area contributed by atoms with E-state index < -0.39 is 0 Å². The molecule has 0 aromatic heterocycles. The number of piperidine rings is 1. The Hall–Kier alpha value is -1.10. The lowest BCUT2D eigenvalue weighted by Gasteiger charge is -2.32. The van der Waals surface area contributed by atoms with Crippen LogP contribution in [0.2, 0.25) is 0 Å². The van der Waals surface area contributed by atoms with E-state index in [-0.39, 0.29) is 11.8 Å². The summed E-state index contributed by atoms with van der Waals surface area (Å²) >= 11 is 0. The highest BCUT2D eigenvalue weighted by atomic mass is 16.4. The minimum Gasteiger partial charge on any atom is -0.411 e. The van der Waals surface area contributed by atoms with Gasteiger partial charge in [0.25, 0.3) is 0 Å². The smallest absolute Gasteiger partial charge is 0.234 e. The zero-order chi connectivity index (χ0) is 13.5. The third-order valence-electron chi connectivity index (χ3n) is 3.33. The minimum atomic E-state index is 0.0861. The Balaban J connectivity index is 2.38. The van der Waals surface area contributed by atoms with Crippen LogP contribution in [-0.4, -0.2) is 47.9 Å². The quantitative estimate of drug-likeness (QED) is 0.575. The van der Waals surface area contributed by atoms with Crippen molar-refractivity contribution < 1.29 is 10.0 Å². The second kappa shape index (κ2) is 7.36. The number of rotatable bonds is 5. The maximum Gasteiger partial charge on any atom is 0.234 e. The van der Waals surface area contributed by atoms with Gasteiger partial charge in [-0.1, -0.05) is 25.9 Å². The second-order valence-electron chi connectivity index (χ2n) is 5.38. The standard InChI is InChI=1S/C13H25N3O2/c1-4-11-8-16(6-5-12(11)15-18)9-13(17)14-7-10(2)3/h10-11,18H,4-9H2,1-3H3,(H,14,17). The zero-order valence-corrected chi connectivity index (χ0v) is 11.6.